The summed E-state index contributed by atoms with van der Waals surface area (Å²) in [6, 6.07) is 13.7. The van der Waals surface area contributed by atoms with Crippen molar-refractivity contribution < 1.29 is 23.1 Å². The number of benzene rings is 2. The zero-order valence-corrected chi connectivity index (χ0v) is 12.7. The Bertz CT molecular complexity index is 715. The van der Waals surface area contributed by atoms with Crippen molar-refractivity contribution in [1.82, 2.24) is 0 Å². The fourth-order valence-corrected chi connectivity index (χ4v) is 2.03. The zero-order valence-electron chi connectivity index (χ0n) is 12.0. The minimum absolute atomic E-state index is 0.0131. The van der Waals surface area contributed by atoms with Crippen molar-refractivity contribution in [2.24, 2.45) is 0 Å². The minimum atomic E-state index is -5.09. The molecule has 0 saturated heterocycles. The summed E-state index contributed by atoms with van der Waals surface area (Å²) in [7, 11) is 0. The number of nitrogens with one attached hydrogen (secondary N) is 1. The van der Waals surface area contributed by atoms with Gasteiger partial charge in [0.25, 0.3) is 5.91 Å². The van der Waals surface area contributed by atoms with Gasteiger partial charge in [-0.2, -0.15) is 13.2 Å². The molecule has 0 radical (unpaired) electrons. The van der Waals surface area contributed by atoms with Gasteiger partial charge >= 0.3 is 6.18 Å². The van der Waals surface area contributed by atoms with Crippen molar-refractivity contribution in [3.05, 3.63) is 53.6 Å². The van der Waals surface area contributed by atoms with Gasteiger partial charge in [-0.15, -0.1) is 0 Å². The maximum absolute atomic E-state index is 12.6. The van der Waals surface area contributed by atoms with Gasteiger partial charge < -0.3 is 10.4 Å². The van der Waals surface area contributed by atoms with Crippen LogP contribution in [-0.2, 0) is 4.79 Å². The first-order valence-corrected chi connectivity index (χ1v) is 6.96. The number of hydrogen-bond acceptors (Lipinski definition) is 2. The van der Waals surface area contributed by atoms with Gasteiger partial charge in [-0.05, 0) is 30.2 Å². The number of alkyl halides is 3. The van der Waals surface area contributed by atoms with Crippen molar-refractivity contribution in [1.29, 1.82) is 0 Å². The Morgan fingerprint density at radius 3 is 2.22 bits per heavy atom. The number of anilines is 1. The van der Waals surface area contributed by atoms with E-state index in [1.807, 2.05) is 35.6 Å². The summed E-state index contributed by atoms with van der Waals surface area (Å²) in [4.78, 5) is 11.6. The number of rotatable bonds is 3. The van der Waals surface area contributed by atoms with E-state index < -0.39 is 17.7 Å². The SMILES string of the molecule is CC(O)(C(=O)Nc1ccc(-c2ccccc2)cc1Cl)C(F)(F)F. The van der Waals surface area contributed by atoms with E-state index in [2.05, 4.69) is 0 Å². The summed E-state index contributed by atoms with van der Waals surface area (Å²) in [5.74, 6) is -1.60. The molecule has 2 N–H and O–H groups in total. The molecule has 23 heavy (non-hydrogen) atoms. The van der Waals surface area contributed by atoms with Crippen LogP contribution in [0.25, 0.3) is 11.1 Å². The Labute approximate surface area is 135 Å². The van der Waals surface area contributed by atoms with E-state index in [0.717, 1.165) is 11.1 Å². The highest BCUT2D eigenvalue weighted by Gasteiger charge is 2.55. The van der Waals surface area contributed by atoms with E-state index in [4.69, 9.17) is 11.6 Å². The second-order valence-electron chi connectivity index (χ2n) is 5.08. The lowest BCUT2D eigenvalue weighted by molar-refractivity contribution is -0.242. The zero-order chi connectivity index (χ0) is 17.3. The van der Waals surface area contributed by atoms with Crippen LogP contribution in [0.4, 0.5) is 18.9 Å². The van der Waals surface area contributed by atoms with Gasteiger partial charge in [0.1, 0.15) is 0 Å². The first-order chi connectivity index (χ1) is 10.6. The summed E-state index contributed by atoms with van der Waals surface area (Å²) >= 11 is 6.01. The Hall–Kier alpha value is -2.05. The Kier molecular flexibility index (Phi) is 4.68. The van der Waals surface area contributed by atoms with Crippen LogP contribution in [0.3, 0.4) is 0 Å². The highest BCUT2D eigenvalue weighted by molar-refractivity contribution is 6.34. The number of hydrogen-bond donors (Lipinski definition) is 2. The van der Waals surface area contributed by atoms with E-state index in [-0.39, 0.29) is 10.7 Å². The quantitative estimate of drug-likeness (QED) is 0.875. The van der Waals surface area contributed by atoms with Crippen LogP contribution in [-0.4, -0.2) is 22.8 Å². The molecule has 1 atom stereocenters. The fraction of sp³-hybridized carbons (Fsp3) is 0.188. The Balaban J connectivity index is 2.24. The molecule has 0 spiro atoms. The van der Waals surface area contributed by atoms with Crippen molar-refractivity contribution in [3.63, 3.8) is 0 Å². The maximum atomic E-state index is 12.6. The van der Waals surface area contributed by atoms with Crippen LogP contribution < -0.4 is 5.32 Å². The second-order valence-corrected chi connectivity index (χ2v) is 5.49. The average molecular weight is 344 g/mol. The topological polar surface area (TPSA) is 49.3 Å². The molecule has 2 aromatic rings. The molecular weight excluding hydrogens is 331 g/mol. The molecule has 0 heterocycles. The summed E-state index contributed by atoms with van der Waals surface area (Å²) in [5, 5.41) is 11.4. The van der Waals surface area contributed by atoms with Crippen molar-refractivity contribution in [2.75, 3.05) is 5.32 Å². The molecule has 7 heteroatoms. The van der Waals surface area contributed by atoms with Crippen molar-refractivity contribution in [3.8, 4) is 11.1 Å². The van der Waals surface area contributed by atoms with Crippen molar-refractivity contribution >= 4 is 23.2 Å². The summed E-state index contributed by atoms with van der Waals surface area (Å²) in [6.45, 7) is 0.384. The summed E-state index contributed by atoms with van der Waals surface area (Å²) < 4.78 is 37.9. The number of halogens is 4. The fourth-order valence-electron chi connectivity index (χ4n) is 1.80. The molecule has 1 amide bonds. The Morgan fingerprint density at radius 1 is 1.09 bits per heavy atom. The van der Waals surface area contributed by atoms with Gasteiger partial charge in [-0.1, -0.05) is 48.0 Å². The molecule has 2 rings (SSSR count). The normalized spacial score (nSPS) is 14.2. The van der Waals surface area contributed by atoms with Gasteiger partial charge in [0, 0.05) is 0 Å². The van der Waals surface area contributed by atoms with Gasteiger partial charge in [0.15, 0.2) is 0 Å². The molecule has 0 aromatic heterocycles. The number of aliphatic hydroxyl groups is 1. The number of carbonyl (C=O) groups excluding carboxylic acids is 1. The molecule has 122 valence electrons. The lowest BCUT2D eigenvalue weighted by Gasteiger charge is -2.25. The predicted molar refractivity (Wildman–Crippen MR) is 82.2 cm³/mol. The largest absolute Gasteiger partial charge is 0.426 e. The third-order valence-corrected chi connectivity index (χ3v) is 3.63. The van der Waals surface area contributed by atoms with Crippen molar-refractivity contribution in [2.45, 2.75) is 18.7 Å². The smallest absolute Gasteiger partial charge is 0.373 e. The molecule has 0 saturated carbocycles. The average Bonchev–Trinajstić information content (AvgIpc) is 2.49. The predicted octanol–water partition coefficient (Wildman–Crippen LogP) is 4.26. The van der Waals surface area contributed by atoms with Gasteiger partial charge in [-0.3, -0.25) is 4.79 Å². The standard InChI is InChI=1S/C16H13ClF3NO2/c1-15(23,16(18,19)20)14(22)21-13-8-7-11(9-12(13)17)10-5-3-2-4-6-10/h2-9,23H,1H3,(H,21,22). The third kappa shape index (κ3) is 3.65. The minimum Gasteiger partial charge on any atom is -0.373 e. The molecule has 1 unspecified atom stereocenters. The van der Waals surface area contributed by atoms with E-state index in [1.165, 1.54) is 12.1 Å². The molecule has 0 aliphatic carbocycles. The van der Waals surface area contributed by atoms with Gasteiger partial charge in [-0.25, -0.2) is 0 Å². The summed E-state index contributed by atoms with van der Waals surface area (Å²) in [5.41, 5.74) is -1.90. The lowest BCUT2D eigenvalue weighted by Crippen LogP contribution is -2.52. The molecule has 2 aromatic carbocycles. The van der Waals surface area contributed by atoms with E-state index in [0.29, 0.717) is 6.92 Å². The number of carbonyl (C=O) groups is 1. The second kappa shape index (κ2) is 6.22. The summed E-state index contributed by atoms with van der Waals surface area (Å²) in [6.07, 6.45) is -5.09. The first kappa shape index (κ1) is 17.3. The highest BCUT2D eigenvalue weighted by Crippen LogP contribution is 2.33. The molecule has 0 bridgehead atoms. The van der Waals surface area contributed by atoms with Crippen LogP contribution in [0.2, 0.25) is 5.02 Å². The molecule has 0 aliphatic rings. The van der Waals surface area contributed by atoms with E-state index in [1.54, 1.807) is 6.07 Å². The molecular formula is C16H13ClF3NO2. The van der Waals surface area contributed by atoms with Crippen LogP contribution in [0.5, 0.6) is 0 Å². The van der Waals surface area contributed by atoms with E-state index in [9.17, 15) is 23.1 Å². The van der Waals surface area contributed by atoms with Crippen LogP contribution in [0.1, 0.15) is 6.92 Å². The van der Waals surface area contributed by atoms with E-state index >= 15 is 0 Å². The van der Waals surface area contributed by atoms with Crippen LogP contribution in [0.15, 0.2) is 48.5 Å². The molecule has 0 aliphatic heterocycles. The van der Waals surface area contributed by atoms with Gasteiger partial charge in [0.2, 0.25) is 5.60 Å². The number of amides is 1. The maximum Gasteiger partial charge on any atom is 0.426 e. The molecule has 0 fully saturated rings. The highest BCUT2D eigenvalue weighted by atomic mass is 35.5. The third-order valence-electron chi connectivity index (χ3n) is 3.32. The first-order valence-electron chi connectivity index (χ1n) is 6.58. The van der Waals surface area contributed by atoms with Crippen LogP contribution >= 0.6 is 11.6 Å². The van der Waals surface area contributed by atoms with Gasteiger partial charge in [0.05, 0.1) is 10.7 Å². The van der Waals surface area contributed by atoms with Crippen LogP contribution in [0, 0.1) is 0 Å². The lowest BCUT2D eigenvalue weighted by atomic mass is 10.0. The molecule has 3 nitrogen and oxygen atoms in total. The Morgan fingerprint density at radius 2 is 1.70 bits per heavy atom. The monoisotopic (exact) mass is 343 g/mol.